The molecule has 0 saturated carbocycles. The zero-order valence-electron chi connectivity index (χ0n) is 15.3. The number of para-hydroxylation sites is 1. The standard InChI is InChI=1S/C20H26N4O2/c1-3-6-17(24-10-9-13(2)18(24)19(21)25)20(26)23-15-11-14-7-4-5-8-16(14)22-12-15/h4-5,7-8,11-13,17-18H,3,6,9-10H2,1-2H3,(H2,21,25)(H,23,26)/t13-,17-,18?/m1/s1. The van der Waals surface area contributed by atoms with Crippen molar-refractivity contribution in [3.8, 4) is 0 Å². The summed E-state index contributed by atoms with van der Waals surface area (Å²) < 4.78 is 0. The Balaban J connectivity index is 1.80. The van der Waals surface area contributed by atoms with Crippen LogP contribution < -0.4 is 11.1 Å². The van der Waals surface area contributed by atoms with Crippen molar-refractivity contribution in [1.29, 1.82) is 0 Å². The number of hydrogen-bond acceptors (Lipinski definition) is 4. The van der Waals surface area contributed by atoms with Crippen LogP contribution in [0.5, 0.6) is 0 Å². The predicted octanol–water partition coefficient (Wildman–Crippen LogP) is 2.54. The predicted molar refractivity (Wildman–Crippen MR) is 103 cm³/mol. The van der Waals surface area contributed by atoms with Gasteiger partial charge < -0.3 is 11.1 Å². The fourth-order valence-electron chi connectivity index (χ4n) is 3.86. The van der Waals surface area contributed by atoms with Crippen LogP contribution in [0.2, 0.25) is 0 Å². The van der Waals surface area contributed by atoms with Crippen LogP contribution in [0.25, 0.3) is 10.9 Å². The zero-order valence-corrected chi connectivity index (χ0v) is 15.3. The maximum Gasteiger partial charge on any atom is 0.241 e. The number of likely N-dealkylation sites (tertiary alicyclic amines) is 1. The number of hydrogen-bond donors (Lipinski definition) is 2. The second kappa shape index (κ2) is 7.83. The van der Waals surface area contributed by atoms with E-state index in [9.17, 15) is 9.59 Å². The number of anilines is 1. The van der Waals surface area contributed by atoms with Gasteiger partial charge in [0.25, 0.3) is 0 Å². The van der Waals surface area contributed by atoms with E-state index in [1.165, 1.54) is 0 Å². The Labute approximate surface area is 153 Å². The van der Waals surface area contributed by atoms with E-state index >= 15 is 0 Å². The fraction of sp³-hybridized carbons (Fsp3) is 0.450. The molecule has 0 radical (unpaired) electrons. The average molecular weight is 354 g/mol. The number of aromatic nitrogens is 1. The molecule has 2 aromatic rings. The Bertz CT molecular complexity index is 807. The summed E-state index contributed by atoms with van der Waals surface area (Å²) in [5, 5.41) is 3.95. The molecule has 6 nitrogen and oxygen atoms in total. The summed E-state index contributed by atoms with van der Waals surface area (Å²) in [7, 11) is 0. The molecular formula is C20H26N4O2. The Morgan fingerprint density at radius 3 is 2.88 bits per heavy atom. The van der Waals surface area contributed by atoms with Gasteiger partial charge in [-0.2, -0.15) is 0 Å². The number of primary amides is 1. The van der Waals surface area contributed by atoms with Crippen molar-refractivity contribution < 1.29 is 9.59 Å². The molecule has 26 heavy (non-hydrogen) atoms. The van der Waals surface area contributed by atoms with E-state index in [4.69, 9.17) is 5.73 Å². The topological polar surface area (TPSA) is 88.3 Å². The smallest absolute Gasteiger partial charge is 0.241 e. The molecule has 3 N–H and O–H groups in total. The number of nitrogens with zero attached hydrogens (tertiary/aromatic N) is 2. The first-order chi connectivity index (χ1) is 12.5. The highest BCUT2D eigenvalue weighted by Gasteiger charge is 2.41. The van der Waals surface area contributed by atoms with Crippen LogP contribution in [0, 0.1) is 5.92 Å². The first-order valence-electron chi connectivity index (χ1n) is 9.22. The van der Waals surface area contributed by atoms with Gasteiger partial charge in [-0.25, -0.2) is 0 Å². The minimum Gasteiger partial charge on any atom is -0.368 e. The molecule has 0 aliphatic carbocycles. The minimum atomic E-state index is -0.382. The molecule has 2 heterocycles. The summed E-state index contributed by atoms with van der Waals surface area (Å²) in [6.45, 7) is 4.77. The first kappa shape index (κ1) is 18.3. The molecular weight excluding hydrogens is 328 g/mol. The summed E-state index contributed by atoms with van der Waals surface area (Å²) in [6.07, 6.45) is 4.08. The van der Waals surface area contributed by atoms with Crippen molar-refractivity contribution in [2.45, 2.75) is 45.2 Å². The number of fused-ring (bicyclic) bond motifs is 1. The molecule has 6 heteroatoms. The molecule has 1 aromatic heterocycles. The molecule has 138 valence electrons. The van der Waals surface area contributed by atoms with Crippen LogP contribution in [0.4, 0.5) is 5.69 Å². The molecule has 1 saturated heterocycles. The molecule has 1 aromatic carbocycles. The number of benzene rings is 1. The lowest BCUT2D eigenvalue weighted by Crippen LogP contribution is -2.52. The molecule has 0 bridgehead atoms. The third kappa shape index (κ3) is 3.70. The lowest BCUT2D eigenvalue weighted by atomic mass is 10.0. The lowest BCUT2D eigenvalue weighted by molar-refractivity contribution is -0.127. The van der Waals surface area contributed by atoms with Crippen LogP contribution in [-0.4, -0.2) is 40.3 Å². The van der Waals surface area contributed by atoms with E-state index in [1.54, 1.807) is 6.20 Å². The largest absolute Gasteiger partial charge is 0.368 e. The van der Waals surface area contributed by atoms with E-state index in [-0.39, 0.29) is 29.8 Å². The highest BCUT2D eigenvalue weighted by Crippen LogP contribution is 2.28. The molecule has 2 amide bonds. The van der Waals surface area contributed by atoms with Gasteiger partial charge in [-0.3, -0.25) is 19.5 Å². The lowest BCUT2D eigenvalue weighted by Gasteiger charge is -2.31. The second-order valence-corrected chi connectivity index (χ2v) is 7.06. The van der Waals surface area contributed by atoms with E-state index in [0.717, 1.165) is 23.7 Å². The van der Waals surface area contributed by atoms with Crippen molar-refractivity contribution in [1.82, 2.24) is 9.88 Å². The number of carbonyl (C=O) groups excluding carboxylic acids is 2. The van der Waals surface area contributed by atoms with Crippen LogP contribution in [0.15, 0.2) is 36.5 Å². The second-order valence-electron chi connectivity index (χ2n) is 7.06. The number of nitrogens with two attached hydrogens (primary N) is 1. The van der Waals surface area contributed by atoms with Gasteiger partial charge in [0.2, 0.25) is 11.8 Å². The van der Waals surface area contributed by atoms with E-state index in [2.05, 4.69) is 10.3 Å². The third-order valence-electron chi connectivity index (χ3n) is 5.15. The van der Waals surface area contributed by atoms with E-state index in [0.29, 0.717) is 18.7 Å². The van der Waals surface area contributed by atoms with Crippen molar-refractivity contribution in [2.24, 2.45) is 11.7 Å². The number of rotatable bonds is 6. The molecule has 3 rings (SSSR count). The summed E-state index contributed by atoms with van der Waals surface area (Å²) in [6, 6.07) is 8.95. The Morgan fingerprint density at radius 2 is 2.15 bits per heavy atom. The van der Waals surface area contributed by atoms with Gasteiger partial charge in [0.15, 0.2) is 0 Å². The van der Waals surface area contributed by atoms with Crippen LogP contribution in [0.3, 0.4) is 0 Å². The number of amides is 2. The molecule has 0 spiro atoms. The summed E-state index contributed by atoms with van der Waals surface area (Å²) in [5.74, 6) is -0.289. The third-order valence-corrected chi connectivity index (χ3v) is 5.15. The van der Waals surface area contributed by atoms with Gasteiger partial charge in [0, 0.05) is 11.9 Å². The van der Waals surface area contributed by atoms with Gasteiger partial charge in [-0.15, -0.1) is 0 Å². The fourth-order valence-corrected chi connectivity index (χ4v) is 3.86. The van der Waals surface area contributed by atoms with Crippen LogP contribution in [-0.2, 0) is 9.59 Å². The van der Waals surface area contributed by atoms with Crippen LogP contribution >= 0.6 is 0 Å². The number of nitrogens with one attached hydrogen (secondary N) is 1. The molecule has 1 fully saturated rings. The summed E-state index contributed by atoms with van der Waals surface area (Å²) in [5.41, 5.74) is 7.16. The Kier molecular flexibility index (Phi) is 5.52. The van der Waals surface area contributed by atoms with Gasteiger partial charge in [-0.05, 0) is 30.9 Å². The minimum absolute atomic E-state index is 0.107. The number of pyridine rings is 1. The maximum absolute atomic E-state index is 13.0. The molecule has 1 unspecified atom stereocenters. The van der Waals surface area contributed by atoms with Crippen molar-refractivity contribution in [2.75, 3.05) is 11.9 Å². The van der Waals surface area contributed by atoms with Crippen LogP contribution in [0.1, 0.15) is 33.1 Å². The molecule has 3 atom stereocenters. The Hall–Kier alpha value is -2.47. The molecule has 1 aliphatic rings. The van der Waals surface area contributed by atoms with Gasteiger partial charge in [0.05, 0.1) is 29.5 Å². The zero-order chi connectivity index (χ0) is 18.7. The normalized spacial score (nSPS) is 21.6. The van der Waals surface area contributed by atoms with Gasteiger partial charge in [-0.1, -0.05) is 38.5 Å². The number of carbonyl (C=O) groups is 2. The van der Waals surface area contributed by atoms with Crippen molar-refractivity contribution in [3.05, 3.63) is 36.5 Å². The van der Waals surface area contributed by atoms with Crippen molar-refractivity contribution in [3.63, 3.8) is 0 Å². The van der Waals surface area contributed by atoms with Crippen molar-refractivity contribution >= 4 is 28.4 Å². The highest BCUT2D eigenvalue weighted by atomic mass is 16.2. The maximum atomic E-state index is 13.0. The Morgan fingerprint density at radius 1 is 1.38 bits per heavy atom. The molecule has 1 aliphatic heterocycles. The average Bonchev–Trinajstić information content (AvgIpc) is 3.00. The summed E-state index contributed by atoms with van der Waals surface area (Å²) >= 11 is 0. The van der Waals surface area contributed by atoms with E-state index < -0.39 is 0 Å². The first-order valence-corrected chi connectivity index (χ1v) is 9.22. The van der Waals surface area contributed by atoms with Gasteiger partial charge in [0.1, 0.15) is 0 Å². The van der Waals surface area contributed by atoms with Gasteiger partial charge >= 0.3 is 0 Å². The SMILES string of the molecule is CCC[C@H](C(=O)Nc1cnc2ccccc2c1)N1CC[C@@H](C)C1C(N)=O. The summed E-state index contributed by atoms with van der Waals surface area (Å²) in [4.78, 5) is 31.2. The quantitative estimate of drug-likeness (QED) is 0.834. The monoisotopic (exact) mass is 354 g/mol. The highest BCUT2D eigenvalue weighted by molar-refractivity contribution is 5.97. The van der Waals surface area contributed by atoms with E-state index in [1.807, 2.05) is 49.1 Å².